The van der Waals surface area contributed by atoms with E-state index in [1.807, 2.05) is 0 Å². The molecular weight excluding hydrogens is 580 g/mol. The van der Waals surface area contributed by atoms with E-state index in [1.54, 1.807) is 0 Å². The summed E-state index contributed by atoms with van der Waals surface area (Å²) in [5.41, 5.74) is 0. The van der Waals surface area contributed by atoms with Crippen LogP contribution in [0.25, 0.3) is 0 Å². The number of carboxylic acid groups (broad SMARTS) is 3. The number of carboxylic acids is 2. The summed E-state index contributed by atoms with van der Waals surface area (Å²) in [7, 11) is 0. The van der Waals surface area contributed by atoms with Crippen molar-refractivity contribution in [3.63, 3.8) is 0 Å². The van der Waals surface area contributed by atoms with Crippen LogP contribution >= 0.6 is 0 Å². The van der Waals surface area contributed by atoms with Gasteiger partial charge in [-0.15, -0.1) is 0 Å². The molecule has 0 saturated heterocycles. The van der Waals surface area contributed by atoms with Crippen molar-refractivity contribution >= 4 is 56.1 Å². The molecule has 0 aromatic heterocycles. The molecule has 0 aromatic rings. The summed E-state index contributed by atoms with van der Waals surface area (Å²) in [6.07, 6.45) is 39.7. The predicted octanol–water partition coefficient (Wildman–Crippen LogP) is 9.32. The van der Waals surface area contributed by atoms with Gasteiger partial charge in [-0.3, -0.25) is 4.79 Å². The van der Waals surface area contributed by atoms with Crippen molar-refractivity contribution < 1.29 is 29.7 Å². The van der Waals surface area contributed by atoms with Crippen LogP contribution in [0.3, 0.4) is 0 Å². The fourth-order valence-electron chi connectivity index (χ4n) is 5.28. The molecule has 1 N–H and O–H groups in total. The van der Waals surface area contributed by atoms with E-state index in [4.69, 9.17) is 9.90 Å². The number of hydrogen-bond acceptors (Lipinski definition) is 5. The quantitative estimate of drug-likeness (QED) is 0.0440. The molecule has 6 nitrogen and oxygen atoms in total. The van der Waals surface area contributed by atoms with Gasteiger partial charge in [0, 0.05) is 11.9 Å². The normalized spacial score (nSPS) is 10.1. The zero-order valence-corrected chi connectivity index (χ0v) is 31.6. The monoisotopic (exact) mass is 652 g/mol. The average Bonchev–Trinajstić information content (AvgIpc) is 2.97. The van der Waals surface area contributed by atoms with Gasteiger partial charge < -0.3 is 24.9 Å². The molecule has 0 spiro atoms. The minimum Gasteiger partial charge on any atom is -0.550 e. The Kier molecular flexibility index (Phi) is 56.9. The van der Waals surface area contributed by atoms with Gasteiger partial charge in [0.2, 0.25) is 0 Å². The van der Waals surface area contributed by atoms with Crippen LogP contribution in [0.15, 0.2) is 0 Å². The summed E-state index contributed by atoms with van der Waals surface area (Å²) in [5, 5.41) is 27.3. The molecule has 0 atom stereocenters. The zero-order chi connectivity index (χ0) is 32.5. The van der Waals surface area contributed by atoms with E-state index in [1.165, 1.54) is 167 Å². The molecule has 258 valence electrons. The molecule has 0 aliphatic rings. The van der Waals surface area contributed by atoms with Crippen LogP contribution in [0, 0.1) is 0 Å². The largest absolute Gasteiger partial charge is 2.00 e. The maximum atomic E-state index is 10.2. The Balaban J connectivity index is -0.000000326. The van der Waals surface area contributed by atoms with Gasteiger partial charge in [0.25, 0.3) is 6.47 Å². The predicted molar refractivity (Wildman–Crippen MR) is 184 cm³/mol. The fourth-order valence-corrected chi connectivity index (χ4v) is 5.28. The molecule has 0 aromatic carbocycles. The average molecular weight is 653 g/mol. The second-order valence-corrected chi connectivity index (χ2v) is 12.2. The van der Waals surface area contributed by atoms with Crippen LogP contribution in [-0.4, -0.2) is 61.3 Å². The zero-order valence-electron chi connectivity index (χ0n) is 29.4. The topological polar surface area (TPSA) is 118 Å². The molecule has 0 fully saturated rings. The van der Waals surface area contributed by atoms with Crippen molar-refractivity contribution in [2.24, 2.45) is 0 Å². The Morgan fingerprint density at radius 3 is 0.682 bits per heavy atom. The van der Waals surface area contributed by atoms with Crippen LogP contribution in [0.1, 0.15) is 219 Å². The SMILES string of the molecule is CCCCCCCCCCCCCCCCCC(=O)[O-].CCCCCCCCCCCCCCCCCC(=O)[O-].O=CO.[Ca+2]. The van der Waals surface area contributed by atoms with E-state index in [9.17, 15) is 19.8 Å². The molecule has 0 unspecified atom stereocenters. The molecule has 0 bridgehead atoms. The summed E-state index contributed by atoms with van der Waals surface area (Å²) in [6.45, 7) is 4.28. The van der Waals surface area contributed by atoms with Crippen molar-refractivity contribution in [1.29, 1.82) is 0 Å². The number of carbonyl (C=O) groups excluding carboxylic acids is 2. The maximum absolute atomic E-state index is 10.2. The van der Waals surface area contributed by atoms with Crippen molar-refractivity contribution in [3.8, 4) is 0 Å². The molecule has 0 aliphatic heterocycles. The van der Waals surface area contributed by atoms with Crippen LogP contribution in [-0.2, 0) is 14.4 Å². The second-order valence-electron chi connectivity index (χ2n) is 12.2. The van der Waals surface area contributed by atoms with Gasteiger partial charge in [-0.1, -0.05) is 194 Å². The molecule has 0 radical (unpaired) electrons. The van der Waals surface area contributed by atoms with Crippen molar-refractivity contribution in [2.45, 2.75) is 219 Å². The molecule has 0 heterocycles. The number of rotatable bonds is 32. The first-order valence-corrected chi connectivity index (χ1v) is 18.4. The smallest absolute Gasteiger partial charge is 0.550 e. The van der Waals surface area contributed by atoms with Crippen molar-refractivity contribution in [1.82, 2.24) is 0 Å². The Hall–Kier alpha value is -0.330. The maximum Gasteiger partial charge on any atom is 2.00 e. The molecule has 0 amide bonds. The standard InChI is InChI=1S/2C18H36O2.CH2O2.Ca/c2*1-2-3-4-5-6-7-8-9-10-11-12-13-14-15-16-17-18(19)20;2-1-3;/h2*2-17H2,1H3,(H,19,20);1H,(H,2,3);/q;;;+2/p-2. The van der Waals surface area contributed by atoms with Crippen LogP contribution in [0.5, 0.6) is 0 Å². The van der Waals surface area contributed by atoms with E-state index >= 15 is 0 Å². The summed E-state index contributed by atoms with van der Waals surface area (Å²) < 4.78 is 0. The van der Waals surface area contributed by atoms with Gasteiger partial charge in [-0.2, -0.15) is 0 Å². The number of carbonyl (C=O) groups is 3. The molecular formula is C37H72CaO6. The third-order valence-corrected chi connectivity index (χ3v) is 7.97. The minimum absolute atomic E-state index is 0. The van der Waals surface area contributed by atoms with E-state index in [0.29, 0.717) is 0 Å². The first kappa shape index (κ1) is 50.5. The summed E-state index contributed by atoms with van der Waals surface area (Å²) in [6, 6.07) is 0. The number of hydrogen-bond donors (Lipinski definition) is 1. The van der Waals surface area contributed by atoms with E-state index < -0.39 is 11.9 Å². The van der Waals surface area contributed by atoms with Gasteiger partial charge in [-0.05, 0) is 25.7 Å². The van der Waals surface area contributed by atoms with Crippen LogP contribution < -0.4 is 10.2 Å². The summed E-state index contributed by atoms with van der Waals surface area (Å²) in [5.74, 6) is -1.81. The van der Waals surface area contributed by atoms with E-state index in [-0.39, 0.29) is 57.1 Å². The molecule has 0 rings (SSSR count). The summed E-state index contributed by atoms with van der Waals surface area (Å²) in [4.78, 5) is 28.8. The first-order valence-electron chi connectivity index (χ1n) is 18.4. The van der Waals surface area contributed by atoms with E-state index in [0.717, 1.165) is 25.7 Å². The summed E-state index contributed by atoms with van der Waals surface area (Å²) >= 11 is 0. The molecule has 0 saturated carbocycles. The van der Waals surface area contributed by atoms with Gasteiger partial charge in [0.1, 0.15) is 0 Å². The Morgan fingerprint density at radius 2 is 0.545 bits per heavy atom. The van der Waals surface area contributed by atoms with Gasteiger partial charge in [0.05, 0.1) is 0 Å². The Morgan fingerprint density at radius 1 is 0.409 bits per heavy atom. The Bertz CT molecular complexity index is 500. The molecule has 0 aliphatic carbocycles. The van der Waals surface area contributed by atoms with Gasteiger partial charge in [0.15, 0.2) is 0 Å². The Labute approximate surface area is 303 Å². The van der Waals surface area contributed by atoms with Crippen molar-refractivity contribution in [2.75, 3.05) is 0 Å². The molecule has 44 heavy (non-hydrogen) atoms. The van der Waals surface area contributed by atoms with Crippen LogP contribution in [0.2, 0.25) is 0 Å². The number of unbranched alkanes of at least 4 members (excludes halogenated alkanes) is 28. The molecule has 7 heteroatoms. The van der Waals surface area contributed by atoms with Gasteiger partial charge in [-0.25, -0.2) is 0 Å². The third-order valence-electron chi connectivity index (χ3n) is 7.97. The fraction of sp³-hybridized carbons (Fsp3) is 0.919. The minimum atomic E-state index is -0.903. The van der Waals surface area contributed by atoms with E-state index in [2.05, 4.69) is 13.8 Å². The van der Waals surface area contributed by atoms with Gasteiger partial charge >= 0.3 is 37.7 Å². The number of aliphatic carboxylic acids is 2. The first-order chi connectivity index (χ1) is 21.0. The van der Waals surface area contributed by atoms with Crippen LogP contribution in [0.4, 0.5) is 0 Å². The van der Waals surface area contributed by atoms with Crippen molar-refractivity contribution in [3.05, 3.63) is 0 Å². The third kappa shape index (κ3) is 60.8. The second kappa shape index (κ2) is 49.5.